The summed E-state index contributed by atoms with van der Waals surface area (Å²) >= 11 is 4.99. The fourth-order valence-electron chi connectivity index (χ4n) is 0.847. The van der Waals surface area contributed by atoms with E-state index in [2.05, 4.69) is 4.74 Å². The third-order valence-corrected chi connectivity index (χ3v) is 1.96. The van der Waals surface area contributed by atoms with Crippen LogP contribution in [0.15, 0.2) is 0 Å². The molecule has 0 heterocycles. The van der Waals surface area contributed by atoms with E-state index in [9.17, 15) is 27.6 Å². The molecule has 0 aliphatic heterocycles. The van der Waals surface area contributed by atoms with E-state index in [0.717, 1.165) is 7.11 Å². The number of hydrogen-bond donors (Lipinski definition) is 1. The summed E-state index contributed by atoms with van der Waals surface area (Å²) in [6, 6.07) is -1.58. The van der Waals surface area contributed by atoms with Crippen molar-refractivity contribution in [3.05, 3.63) is 0 Å². The van der Waals surface area contributed by atoms with Gasteiger partial charge in [0.1, 0.15) is 6.04 Å². The third-order valence-electron chi connectivity index (χ3n) is 1.70. The molecule has 0 aromatic heterocycles. The van der Waals surface area contributed by atoms with Crippen LogP contribution in [0.25, 0.3) is 0 Å². The SMILES string of the molecule is COC(=O)CC[C@H](NC(=O)C(F)(F)F)C(=O)Cl. The van der Waals surface area contributed by atoms with Crippen molar-refractivity contribution in [2.45, 2.75) is 25.1 Å². The molecule has 0 aliphatic rings. The molecule has 1 N–H and O–H groups in total. The van der Waals surface area contributed by atoms with Gasteiger partial charge in [-0.2, -0.15) is 13.2 Å². The zero-order chi connectivity index (χ0) is 13.6. The number of amides is 1. The van der Waals surface area contributed by atoms with E-state index < -0.39 is 29.3 Å². The Morgan fingerprint density at radius 2 is 1.88 bits per heavy atom. The Morgan fingerprint density at radius 3 is 2.24 bits per heavy atom. The van der Waals surface area contributed by atoms with Gasteiger partial charge < -0.3 is 10.1 Å². The molecule has 0 aromatic carbocycles. The molecule has 0 fully saturated rings. The molecule has 1 atom stereocenters. The molecule has 98 valence electrons. The average Bonchev–Trinajstić information content (AvgIpc) is 2.21. The second-order valence-corrected chi connectivity index (χ2v) is 3.32. The number of ether oxygens (including phenoxy) is 1. The summed E-state index contributed by atoms with van der Waals surface area (Å²) in [6.07, 6.45) is -5.82. The van der Waals surface area contributed by atoms with Crippen LogP contribution in [0, 0.1) is 0 Å². The van der Waals surface area contributed by atoms with E-state index in [1.54, 1.807) is 0 Å². The lowest BCUT2D eigenvalue weighted by atomic mass is 10.1. The maximum absolute atomic E-state index is 11.9. The van der Waals surface area contributed by atoms with Gasteiger partial charge in [0.2, 0.25) is 5.24 Å². The molecule has 0 saturated heterocycles. The molecule has 9 heteroatoms. The summed E-state index contributed by atoms with van der Waals surface area (Å²) in [5.41, 5.74) is 0. The average molecular weight is 276 g/mol. The van der Waals surface area contributed by atoms with Gasteiger partial charge in [-0.05, 0) is 18.0 Å². The van der Waals surface area contributed by atoms with Crippen LogP contribution in [0.2, 0.25) is 0 Å². The van der Waals surface area contributed by atoms with Gasteiger partial charge in [-0.25, -0.2) is 0 Å². The second-order valence-electron chi connectivity index (χ2n) is 2.94. The largest absolute Gasteiger partial charge is 0.471 e. The van der Waals surface area contributed by atoms with Crippen molar-refractivity contribution in [3.63, 3.8) is 0 Å². The molecule has 0 bridgehead atoms. The quantitative estimate of drug-likeness (QED) is 0.594. The highest BCUT2D eigenvalue weighted by molar-refractivity contribution is 6.64. The number of esters is 1. The summed E-state index contributed by atoms with van der Waals surface area (Å²) in [5, 5.41) is 0.194. The molecule has 0 saturated carbocycles. The number of carbonyl (C=O) groups excluding carboxylic acids is 3. The Balaban J connectivity index is 4.41. The maximum Gasteiger partial charge on any atom is 0.471 e. The minimum absolute atomic E-state index is 0.336. The monoisotopic (exact) mass is 275 g/mol. The van der Waals surface area contributed by atoms with E-state index in [4.69, 9.17) is 11.6 Å². The maximum atomic E-state index is 11.9. The first kappa shape index (κ1) is 15.7. The topological polar surface area (TPSA) is 72.5 Å². The van der Waals surface area contributed by atoms with Crippen molar-refractivity contribution in [1.29, 1.82) is 0 Å². The highest BCUT2D eigenvalue weighted by Crippen LogP contribution is 2.15. The van der Waals surface area contributed by atoms with Crippen LogP contribution < -0.4 is 5.32 Å². The number of nitrogens with one attached hydrogen (secondary N) is 1. The van der Waals surface area contributed by atoms with Gasteiger partial charge in [0.25, 0.3) is 0 Å². The van der Waals surface area contributed by atoms with Crippen molar-refractivity contribution in [2.24, 2.45) is 0 Å². The molecule has 1 amide bonds. The molecule has 0 radical (unpaired) electrons. The number of methoxy groups -OCH3 is 1. The highest BCUT2D eigenvalue weighted by atomic mass is 35.5. The Morgan fingerprint density at radius 1 is 1.35 bits per heavy atom. The van der Waals surface area contributed by atoms with E-state index >= 15 is 0 Å². The summed E-state index contributed by atoms with van der Waals surface area (Å²) < 4.78 is 39.9. The molecular formula is C8H9ClF3NO4. The number of hydrogen-bond acceptors (Lipinski definition) is 4. The van der Waals surface area contributed by atoms with Crippen LogP contribution in [-0.2, 0) is 19.1 Å². The molecule has 0 unspecified atom stereocenters. The van der Waals surface area contributed by atoms with Crippen LogP contribution in [0.3, 0.4) is 0 Å². The molecule has 0 aliphatic carbocycles. The zero-order valence-corrected chi connectivity index (χ0v) is 9.39. The zero-order valence-electron chi connectivity index (χ0n) is 8.64. The van der Waals surface area contributed by atoms with E-state index in [-0.39, 0.29) is 12.8 Å². The highest BCUT2D eigenvalue weighted by Gasteiger charge is 2.40. The van der Waals surface area contributed by atoms with Crippen molar-refractivity contribution < 1.29 is 32.3 Å². The van der Waals surface area contributed by atoms with E-state index in [1.165, 1.54) is 5.32 Å². The third kappa shape index (κ3) is 6.10. The van der Waals surface area contributed by atoms with Crippen molar-refractivity contribution in [2.75, 3.05) is 7.11 Å². The Hall–Kier alpha value is -1.31. The predicted octanol–water partition coefficient (Wildman–Crippen LogP) is 0.752. The van der Waals surface area contributed by atoms with Crippen LogP contribution in [0.5, 0.6) is 0 Å². The molecule has 0 aromatic rings. The van der Waals surface area contributed by atoms with Gasteiger partial charge in [0.05, 0.1) is 7.11 Å². The standard InChI is InChI=1S/C8H9ClF3NO4/c1-17-5(14)3-2-4(6(9)15)13-7(16)8(10,11)12/h4H,2-3H2,1H3,(H,13,16)/t4-/m0/s1. The fraction of sp³-hybridized carbons (Fsp3) is 0.625. The lowest BCUT2D eigenvalue weighted by molar-refractivity contribution is -0.174. The Kier molecular flexibility index (Phi) is 5.94. The molecule has 17 heavy (non-hydrogen) atoms. The number of halogens is 4. The molecule has 0 rings (SSSR count). The van der Waals surface area contributed by atoms with Crippen LogP contribution >= 0.6 is 11.6 Å². The van der Waals surface area contributed by atoms with E-state index in [0.29, 0.717) is 0 Å². The number of carbonyl (C=O) groups is 3. The van der Waals surface area contributed by atoms with Gasteiger partial charge in [-0.15, -0.1) is 0 Å². The molecule has 5 nitrogen and oxygen atoms in total. The molecule has 0 spiro atoms. The molecular weight excluding hydrogens is 267 g/mol. The first-order chi connectivity index (χ1) is 7.68. The fourth-order valence-corrected chi connectivity index (χ4v) is 1.01. The van der Waals surface area contributed by atoms with Gasteiger partial charge in [-0.3, -0.25) is 14.4 Å². The van der Waals surface area contributed by atoms with E-state index in [1.807, 2.05) is 0 Å². The number of rotatable bonds is 5. The Bertz CT molecular complexity index is 318. The van der Waals surface area contributed by atoms with Crippen molar-refractivity contribution in [3.8, 4) is 0 Å². The van der Waals surface area contributed by atoms with Crippen LogP contribution in [-0.4, -0.2) is 36.4 Å². The van der Waals surface area contributed by atoms with Gasteiger partial charge in [0, 0.05) is 6.42 Å². The summed E-state index contributed by atoms with van der Waals surface area (Å²) in [6.45, 7) is 0. The number of alkyl halides is 3. The smallest absolute Gasteiger partial charge is 0.469 e. The van der Waals surface area contributed by atoms with Crippen LogP contribution in [0.1, 0.15) is 12.8 Å². The summed E-state index contributed by atoms with van der Waals surface area (Å²) in [5.74, 6) is -3.02. The lowest BCUT2D eigenvalue weighted by Crippen LogP contribution is -2.45. The van der Waals surface area contributed by atoms with Crippen molar-refractivity contribution >= 4 is 28.7 Å². The van der Waals surface area contributed by atoms with Gasteiger partial charge >= 0.3 is 18.1 Å². The minimum Gasteiger partial charge on any atom is -0.469 e. The Labute approximate surface area is 99.2 Å². The summed E-state index contributed by atoms with van der Waals surface area (Å²) in [4.78, 5) is 32.0. The normalized spacial score (nSPS) is 12.8. The summed E-state index contributed by atoms with van der Waals surface area (Å²) in [7, 11) is 1.08. The van der Waals surface area contributed by atoms with Gasteiger partial charge in [-0.1, -0.05) is 0 Å². The van der Waals surface area contributed by atoms with Crippen LogP contribution in [0.4, 0.5) is 13.2 Å². The first-order valence-corrected chi connectivity index (χ1v) is 4.70. The lowest BCUT2D eigenvalue weighted by Gasteiger charge is -2.15. The van der Waals surface area contributed by atoms with Gasteiger partial charge in [0.15, 0.2) is 0 Å². The minimum atomic E-state index is -5.12. The van der Waals surface area contributed by atoms with Crippen molar-refractivity contribution in [1.82, 2.24) is 5.32 Å². The first-order valence-electron chi connectivity index (χ1n) is 4.32. The predicted molar refractivity (Wildman–Crippen MR) is 50.1 cm³/mol. The second kappa shape index (κ2) is 6.43.